The van der Waals surface area contributed by atoms with Crippen LogP contribution < -0.4 is 0 Å². The van der Waals surface area contributed by atoms with Gasteiger partial charge in [0.2, 0.25) is 0 Å². The number of hydrogen-bond acceptors (Lipinski definition) is 7. The third-order valence-electron chi connectivity index (χ3n) is 4.52. The first kappa shape index (κ1) is 17.8. The maximum atomic E-state index is 12.7. The van der Waals surface area contributed by atoms with E-state index in [9.17, 15) is 9.59 Å². The molecule has 0 saturated heterocycles. The molecule has 0 atom stereocenters. The zero-order valence-corrected chi connectivity index (χ0v) is 15.3. The molecule has 9 nitrogen and oxygen atoms in total. The molecule has 1 aliphatic rings. The Balaban J connectivity index is 1.46. The Morgan fingerprint density at radius 2 is 1.75 bits per heavy atom. The zero-order chi connectivity index (χ0) is 19.5. The molecule has 0 aliphatic carbocycles. The fraction of sp³-hybridized carbons (Fsp3) is 0.263. The minimum Gasteiger partial charge on any atom is -0.464 e. The summed E-state index contributed by atoms with van der Waals surface area (Å²) < 4.78 is 6.43. The number of aromatic nitrogens is 5. The van der Waals surface area contributed by atoms with Gasteiger partial charge in [-0.15, -0.1) is 0 Å². The summed E-state index contributed by atoms with van der Waals surface area (Å²) in [6.07, 6.45) is 3.14. The van der Waals surface area contributed by atoms with E-state index in [1.165, 1.54) is 19.5 Å². The quantitative estimate of drug-likeness (QED) is 0.631. The predicted octanol–water partition coefficient (Wildman–Crippen LogP) is 1.22. The van der Waals surface area contributed by atoms with E-state index in [0.717, 1.165) is 11.4 Å². The summed E-state index contributed by atoms with van der Waals surface area (Å²) in [6.45, 7) is 1.55. The van der Waals surface area contributed by atoms with Crippen molar-refractivity contribution >= 4 is 11.9 Å². The molecule has 2 aromatic heterocycles. The number of carbonyl (C=O) groups excluding carboxylic acids is 2. The molecule has 1 aliphatic heterocycles. The van der Waals surface area contributed by atoms with Gasteiger partial charge in [0, 0.05) is 25.1 Å². The van der Waals surface area contributed by atoms with Crippen LogP contribution in [0.2, 0.25) is 0 Å². The lowest BCUT2D eigenvalue weighted by molar-refractivity contribution is 0.0592. The highest BCUT2D eigenvalue weighted by atomic mass is 16.5. The number of ether oxygens (including phenoxy) is 1. The minimum absolute atomic E-state index is 0.0627. The van der Waals surface area contributed by atoms with Crippen LogP contribution in [-0.2, 0) is 17.7 Å². The molecule has 0 unspecified atom stereocenters. The van der Waals surface area contributed by atoms with Gasteiger partial charge in [0.15, 0.2) is 11.5 Å². The average Bonchev–Trinajstić information content (AvgIpc) is 3.06. The highest BCUT2D eigenvalue weighted by molar-refractivity contribution is 5.93. The van der Waals surface area contributed by atoms with Crippen molar-refractivity contribution < 1.29 is 14.3 Å². The Bertz CT molecular complexity index is 975. The van der Waals surface area contributed by atoms with Crippen molar-refractivity contribution in [2.24, 2.45) is 0 Å². The lowest BCUT2D eigenvalue weighted by Gasteiger charge is -2.19. The van der Waals surface area contributed by atoms with Gasteiger partial charge < -0.3 is 9.64 Å². The van der Waals surface area contributed by atoms with Crippen molar-refractivity contribution in [2.45, 2.75) is 13.0 Å². The molecule has 0 spiro atoms. The molecule has 1 amide bonds. The van der Waals surface area contributed by atoms with Crippen LogP contribution in [0.1, 0.15) is 26.8 Å². The van der Waals surface area contributed by atoms with E-state index in [0.29, 0.717) is 31.9 Å². The molecule has 28 heavy (non-hydrogen) atoms. The first-order chi connectivity index (χ1) is 13.7. The smallest absolute Gasteiger partial charge is 0.358 e. The molecule has 0 radical (unpaired) electrons. The van der Waals surface area contributed by atoms with Gasteiger partial charge in [-0.1, -0.05) is 30.3 Å². The van der Waals surface area contributed by atoms with Gasteiger partial charge in [-0.25, -0.2) is 24.4 Å². The van der Waals surface area contributed by atoms with Crippen molar-refractivity contribution in [3.05, 3.63) is 59.9 Å². The summed E-state index contributed by atoms with van der Waals surface area (Å²) in [7, 11) is 1.26. The first-order valence-corrected chi connectivity index (χ1v) is 8.84. The number of esters is 1. The Hall–Kier alpha value is -3.62. The Kier molecular flexibility index (Phi) is 4.79. The number of methoxy groups -OCH3 is 1. The monoisotopic (exact) mass is 378 g/mol. The first-order valence-electron chi connectivity index (χ1n) is 8.84. The number of hydrogen-bond donors (Lipinski definition) is 0. The molecule has 3 aromatic rings. The predicted molar refractivity (Wildman–Crippen MR) is 98.4 cm³/mol. The van der Waals surface area contributed by atoms with Crippen LogP contribution in [0.25, 0.3) is 11.4 Å². The molecule has 0 saturated carbocycles. The van der Waals surface area contributed by atoms with Crippen LogP contribution in [-0.4, -0.2) is 61.7 Å². The number of amides is 1. The van der Waals surface area contributed by atoms with Gasteiger partial charge >= 0.3 is 5.97 Å². The minimum atomic E-state index is -0.591. The van der Waals surface area contributed by atoms with Crippen LogP contribution in [0, 0.1) is 0 Å². The van der Waals surface area contributed by atoms with Gasteiger partial charge in [0.25, 0.3) is 5.91 Å². The van der Waals surface area contributed by atoms with Gasteiger partial charge in [-0.05, 0) is 0 Å². The molecule has 9 heteroatoms. The lowest BCUT2D eigenvalue weighted by atomic mass is 10.2. The van der Waals surface area contributed by atoms with E-state index in [1.807, 2.05) is 35.0 Å². The van der Waals surface area contributed by atoms with E-state index in [1.54, 1.807) is 4.90 Å². The summed E-state index contributed by atoms with van der Waals surface area (Å²) in [6, 6.07) is 9.81. The molecule has 4 rings (SSSR count). The number of rotatable bonds is 3. The van der Waals surface area contributed by atoms with Crippen molar-refractivity contribution in [3.8, 4) is 11.4 Å². The summed E-state index contributed by atoms with van der Waals surface area (Å²) in [5, 5.41) is 4.58. The van der Waals surface area contributed by atoms with Crippen molar-refractivity contribution in [1.82, 2.24) is 29.6 Å². The topological polar surface area (TPSA) is 103 Å². The largest absolute Gasteiger partial charge is 0.464 e. The number of fused-ring (bicyclic) bond motifs is 1. The SMILES string of the molecule is COC(=O)c1cnc(C(=O)N2CCc3nc(-c4ccccc4)nn3CC2)cn1. The van der Waals surface area contributed by atoms with Crippen LogP contribution in [0.4, 0.5) is 0 Å². The van der Waals surface area contributed by atoms with Crippen LogP contribution in [0.15, 0.2) is 42.7 Å². The third kappa shape index (κ3) is 3.46. The maximum Gasteiger partial charge on any atom is 0.358 e. The number of carbonyl (C=O) groups is 2. The molecule has 0 N–H and O–H groups in total. The molecule has 142 valence electrons. The molecule has 0 fully saturated rings. The third-order valence-corrected chi connectivity index (χ3v) is 4.52. The second-order valence-electron chi connectivity index (χ2n) is 6.26. The van der Waals surface area contributed by atoms with Gasteiger partial charge in [-0.3, -0.25) is 4.79 Å². The van der Waals surface area contributed by atoms with Gasteiger partial charge in [-0.2, -0.15) is 5.10 Å². The molecule has 1 aromatic carbocycles. The van der Waals surface area contributed by atoms with Crippen molar-refractivity contribution in [3.63, 3.8) is 0 Å². The number of benzene rings is 1. The van der Waals surface area contributed by atoms with Gasteiger partial charge in [0.05, 0.1) is 26.0 Å². The average molecular weight is 378 g/mol. The fourth-order valence-corrected chi connectivity index (χ4v) is 3.02. The molecular weight excluding hydrogens is 360 g/mol. The summed E-state index contributed by atoms with van der Waals surface area (Å²) in [5.41, 5.74) is 1.22. The maximum absolute atomic E-state index is 12.7. The molecular formula is C19H18N6O3. The van der Waals surface area contributed by atoms with Gasteiger partial charge in [0.1, 0.15) is 11.5 Å². The van der Waals surface area contributed by atoms with E-state index in [-0.39, 0.29) is 17.3 Å². The van der Waals surface area contributed by atoms with Crippen molar-refractivity contribution in [1.29, 1.82) is 0 Å². The van der Waals surface area contributed by atoms with E-state index < -0.39 is 5.97 Å². The summed E-state index contributed by atoms with van der Waals surface area (Å²) >= 11 is 0. The van der Waals surface area contributed by atoms with Crippen LogP contribution >= 0.6 is 0 Å². The summed E-state index contributed by atoms with van der Waals surface area (Å²) in [4.78, 5) is 38.5. The molecule has 3 heterocycles. The number of nitrogens with zero attached hydrogens (tertiary/aromatic N) is 6. The van der Waals surface area contributed by atoms with E-state index in [2.05, 4.69) is 24.8 Å². The second-order valence-corrected chi connectivity index (χ2v) is 6.26. The Morgan fingerprint density at radius 1 is 1.00 bits per heavy atom. The standard InChI is InChI=1S/C19H18N6O3/c1-28-19(27)15-12-20-14(11-21-15)18(26)24-8-7-16-22-17(23-25(16)10-9-24)13-5-3-2-4-6-13/h2-6,11-12H,7-10H2,1H3. The van der Waals surface area contributed by atoms with E-state index >= 15 is 0 Å². The Labute approximate surface area is 161 Å². The normalized spacial score (nSPS) is 13.5. The van der Waals surface area contributed by atoms with E-state index in [4.69, 9.17) is 0 Å². The zero-order valence-electron chi connectivity index (χ0n) is 15.3. The Morgan fingerprint density at radius 3 is 2.46 bits per heavy atom. The summed E-state index contributed by atoms with van der Waals surface area (Å²) in [5.74, 6) is 0.714. The lowest BCUT2D eigenvalue weighted by Crippen LogP contribution is -2.34. The van der Waals surface area contributed by atoms with Crippen LogP contribution in [0.3, 0.4) is 0 Å². The highest BCUT2D eigenvalue weighted by Crippen LogP contribution is 2.17. The molecule has 0 bridgehead atoms. The highest BCUT2D eigenvalue weighted by Gasteiger charge is 2.23. The second kappa shape index (κ2) is 7.55. The fourth-order valence-electron chi connectivity index (χ4n) is 3.02. The van der Waals surface area contributed by atoms with Crippen LogP contribution in [0.5, 0.6) is 0 Å². The van der Waals surface area contributed by atoms with Crippen molar-refractivity contribution in [2.75, 3.05) is 20.2 Å².